The number of nitrogens with one attached hydrogen (secondary N) is 1. The Hall–Kier alpha value is -0.800. The summed E-state index contributed by atoms with van der Waals surface area (Å²) in [4.78, 5) is 0. The summed E-state index contributed by atoms with van der Waals surface area (Å²) < 4.78 is 5.23. The highest BCUT2D eigenvalue weighted by Crippen LogP contribution is 2.14. The summed E-state index contributed by atoms with van der Waals surface area (Å²) >= 11 is 0. The first kappa shape index (κ1) is 11.3. The number of hydrogen-bond acceptors (Lipinski definition) is 3. The van der Waals surface area contributed by atoms with Gasteiger partial charge in [-0.3, -0.25) is 0 Å². The first-order chi connectivity index (χ1) is 6.70. The third kappa shape index (κ3) is 3.16. The quantitative estimate of drug-likeness (QED) is 0.732. The largest absolute Gasteiger partial charge is 0.468 e. The van der Waals surface area contributed by atoms with Crippen molar-refractivity contribution in [2.24, 2.45) is 0 Å². The van der Waals surface area contributed by atoms with E-state index in [0.29, 0.717) is 0 Å². The summed E-state index contributed by atoms with van der Waals surface area (Å²) in [5, 5.41) is 12.3. The fourth-order valence-electron chi connectivity index (χ4n) is 1.35. The van der Waals surface area contributed by atoms with Gasteiger partial charge >= 0.3 is 0 Å². The van der Waals surface area contributed by atoms with Crippen molar-refractivity contribution in [2.75, 3.05) is 6.61 Å². The van der Waals surface area contributed by atoms with Crippen molar-refractivity contribution in [3.63, 3.8) is 0 Å². The Bertz CT molecular complexity index is 246. The maximum atomic E-state index is 8.93. The maximum Gasteiger partial charge on any atom is 0.117 e. The summed E-state index contributed by atoms with van der Waals surface area (Å²) in [6.07, 6.45) is 3.44. The first-order valence-electron chi connectivity index (χ1n) is 5.08. The van der Waals surface area contributed by atoms with Crippen LogP contribution in [-0.4, -0.2) is 17.3 Å². The van der Waals surface area contributed by atoms with E-state index in [-0.39, 0.29) is 12.1 Å². The SMILES string of the molecule is CCC(C)(CCO)NCc1ccco1. The average molecular weight is 197 g/mol. The van der Waals surface area contributed by atoms with Gasteiger partial charge in [-0.05, 0) is 31.9 Å². The van der Waals surface area contributed by atoms with Crippen LogP contribution in [0.3, 0.4) is 0 Å². The molecule has 1 aromatic rings. The Morgan fingerprint density at radius 3 is 2.86 bits per heavy atom. The van der Waals surface area contributed by atoms with Gasteiger partial charge in [0.1, 0.15) is 5.76 Å². The monoisotopic (exact) mass is 197 g/mol. The number of aliphatic hydroxyl groups excluding tert-OH is 1. The molecule has 0 aliphatic heterocycles. The van der Waals surface area contributed by atoms with Crippen molar-refractivity contribution in [2.45, 2.75) is 38.8 Å². The summed E-state index contributed by atoms with van der Waals surface area (Å²) in [5.74, 6) is 0.933. The molecule has 3 nitrogen and oxygen atoms in total. The fourth-order valence-corrected chi connectivity index (χ4v) is 1.35. The summed E-state index contributed by atoms with van der Waals surface area (Å²) in [6.45, 7) is 5.17. The molecule has 2 N–H and O–H groups in total. The van der Waals surface area contributed by atoms with E-state index in [0.717, 1.165) is 25.1 Å². The van der Waals surface area contributed by atoms with Gasteiger partial charge in [-0.1, -0.05) is 6.92 Å². The molecule has 0 radical (unpaired) electrons. The molecule has 0 aliphatic carbocycles. The van der Waals surface area contributed by atoms with Crippen LogP contribution in [0.4, 0.5) is 0 Å². The molecule has 0 bridgehead atoms. The van der Waals surface area contributed by atoms with Crippen LogP contribution >= 0.6 is 0 Å². The van der Waals surface area contributed by atoms with E-state index in [1.165, 1.54) is 0 Å². The molecule has 0 saturated heterocycles. The van der Waals surface area contributed by atoms with Crippen molar-refractivity contribution in [1.82, 2.24) is 5.32 Å². The summed E-state index contributed by atoms with van der Waals surface area (Å²) in [6, 6.07) is 3.83. The topological polar surface area (TPSA) is 45.4 Å². The predicted molar refractivity (Wildman–Crippen MR) is 55.9 cm³/mol. The predicted octanol–water partition coefficient (Wildman–Crippen LogP) is 1.92. The Morgan fingerprint density at radius 1 is 1.57 bits per heavy atom. The van der Waals surface area contributed by atoms with Crippen LogP contribution < -0.4 is 5.32 Å². The van der Waals surface area contributed by atoms with Crippen molar-refractivity contribution in [3.8, 4) is 0 Å². The molecule has 80 valence electrons. The third-order valence-electron chi connectivity index (χ3n) is 2.71. The van der Waals surface area contributed by atoms with Gasteiger partial charge in [0.15, 0.2) is 0 Å². The van der Waals surface area contributed by atoms with Gasteiger partial charge in [-0.2, -0.15) is 0 Å². The standard InChI is InChI=1S/C11H19NO2/c1-3-11(2,6-7-13)12-9-10-5-4-8-14-10/h4-5,8,12-13H,3,6-7,9H2,1-2H3. The Balaban J connectivity index is 2.41. The van der Waals surface area contributed by atoms with Crippen LogP contribution in [0.15, 0.2) is 22.8 Å². The molecule has 1 atom stereocenters. The zero-order chi connectivity index (χ0) is 10.4. The minimum Gasteiger partial charge on any atom is -0.468 e. The molecular weight excluding hydrogens is 178 g/mol. The lowest BCUT2D eigenvalue weighted by Crippen LogP contribution is -2.41. The van der Waals surface area contributed by atoms with E-state index in [9.17, 15) is 0 Å². The number of furan rings is 1. The Morgan fingerprint density at radius 2 is 2.36 bits per heavy atom. The van der Waals surface area contributed by atoms with E-state index in [4.69, 9.17) is 9.52 Å². The van der Waals surface area contributed by atoms with Crippen LogP contribution in [0, 0.1) is 0 Å². The Labute approximate surface area is 85.1 Å². The molecule has 1 aromatic heterocycles. The molecule has 0 amide bonds. The molecule has 0 saturated carbocycles. The van der Waals surface area contributed by atoms with Crippen LogP contribution in [0.1, 0.15) is 32.4 Å². The van der Waals surface area contributed by atoms with Gasteiger partial charge in [-0.15, -0.1) is 0 Å². The van der Waals surface area contributed by atoms with Gasteiger partial charge in [0.2, 0.25) is 0 Å². The highest BCUT2D eigenvalue weighted by Gasteiger charge is 2.20. The lowest BCUT2D eigenvalue weighted by molar-refractivity contribution is 0.211. The number of aliphatic hydroxyl groups is 1. The van der Waals surface area contributed by atoms with Gasteiger partial charge in [-0.25, -0.2) is 0 Å². The lowest BCUT2D eigenvalue weighted by atomic mass is 9.95. The molecule has 0 aromatic carbocycles. The fraction of sp³-hybridized carbons (Fsp3) is 0.636. The zero-order valence-electron chi connectivity index (χ0n) is 8.92. The third-order valence-corrected chi connectivity index (χ3v) is 2.71. The first-order valence-corrected chi connectivity index (χ1v) is 5.08. The van der Waals surface area contributed by atoms with Crippen LogP contribution in [-0.2, 0) is 6.54 Å². The van der Waals surface area contributed by atoms with Crippen molar-refractivity contribution in [3.05, 3.63) is 24.2 Å². The Kier molecular flexibility index (Phi) is 4.17. The normalized spacial score (nSPS) is 15.4. The second-order valence-electron chi connectivity index (χ2n) is 3.82. The van der Waals surface area contributed by atoms with Gasteiger partial charge in [0.25, 0.3) is 0 Å². The molecular formula is C11H19NO2. The summed E-state index contributed by atoms with van der Waals surface area (Å²) in [5.41, 5.74) is 0.00153. The van der Waals surface area contributed by atoms with E-state index >= 15 is 0 Å². The summed E-state index contributed by atoms with van der Waals surface area (Å²) in [7, 11) is 0. The minimum atomic E-state index is 0.00153. The molecule has 0 fully saturated rings. The molecule has 0 aliphatic rings. The van der Waals surface area contributed by atoms with Gasteiger partial charge < -0.3 is 14.8 Å². The van der Waals surface area contributed by atoms with E-state index in [2.05, 4.69) is 19.2 Å². The number of rotatable bonds is 6. The molecule has 3 heteroatoms. The maximum absolute atomic E-state index is 8.93. The average Bonchev–Trinajstić information content (AvgIpc) is 2.68. The second kappa shape index (κ2) is 5.17. The highest BCUT2D eigenvalue weighted by molar-refractivity contribution is 4.98. The second-order valence-corrected chi connectivity index (χ2v) is 3.82. The van der Waals surface area contributed by atoms with E-state index in [1.807, 2.05) is 12.1 Å². The number of hydrogen-bond donors (Lipinski definition) is 2. The van der Waals surface area contributed by atoms with E-state index < -0.39 is 0 Å². The molecule has 0 spiro atoms. The van der Waals surface area contributed by atoms with Crippen LogP contribution in [0.25, 0.3) is 0 Å². The molecule has 1 heterocycles. The molecule has 1 unspecified atom stereocenters. The van der Waals surface area contributed by atoms with Crippen molar-refractivity contribution < 1.29 is 9.52 Å². The minimum absolute atomic E-state index is 0.00153. The lowest BCUT2D eigenvalue weighted by Gasteiger charge is -2.28. The highest BCUT2D eigenvalue weighted by atomic mass is 16.3. The van der Waals surface area contributed by atoms with E-state index in [1.54, 1.807) is 6.26 Å². The van der Waals surface area contributed by atoms with Crippen LogP contribution in [0.2, 0.25) is 0 Å². The van der Waals surface area contributed by atoms with Crippen molar-refractivity contribution >= 4 is 0 Å². The van der Waals surface area contributed by atoms with Crippen LogP contribution in [0.5, 0.6) is 0 Å². The molecule has 14 heavy (non-hydrogen) atoms. The van der Waals surface area contributed by atoms with Gasteiger partial charge in [0.05, 0.1) is 12.8 Å². The van der Waals surface area contributed by atoms with Crippen molar-refractivity contribution in [1.29, 1.82) is 0 Å². The van der Waals surface area contributed by atoms with Gasteiger partial charge in [0, 0.05) is 12.1 Å². The molecule has 1 rings (SSSR count). The smallest absolute Gasteiger partial charge is 0.117 e. The zero-order valence-corrected chi connectivity index (χ0v) is 8.92.